The average Bonchev–Trinajstić information content (AvgIpc) is 2.73. The molecule has 0 aliphatic carbocycles. The standard InChI is InChI=1S/C14H17ClN2O3/c1-9(2)11-6-14(18)16(8-11)7-10-3-4-12(15)13(5-10)17(19)20/h3-5,9,11H,6-8H2,1-2H3. The van der Waals surface area contributed by atoms with Crippen LogP contribution in [0.2, 0.25) is 5.02 Å². The third-order valence-electron chi connectivity index (χ3n) is 3.77. The van der Waals surface area contributed by atoms with E-state index in [1.54, 1.807) is 11.0 Å². The average molecular weight is 297 g/mol. The second-order valence-corrected chi connectivity index (χ2v) is 5.93. The predicted molar refractivity (Wildman–Crippen MR) is 76.5 cm³/mol. The van der Waals surface area contributed by atoms with Crippen molar-refractivity contribution in [2.45, 2.75) is 26.8 Å². The molecule has 1 aliphatic rings. The Morgan fingerprint density at radius 2 is 2.20 bits per heavy atom. The molecular formula is C14H17ClN2O3. The number of halogens is 1. The van der Waals surface area contributed by atoms with Gasteiger partial charge in [-0.15, -0.1) is 0 Å². The molecule has 1 unspecified atom stereocenters. The van der Waals surface area contributed by atoms with Crippen molar-refractivity contribution in [3.63, 3.8) is 0 Å². The van der Waals surface area contributed by atoms with Gasteiger partial charge < -0.3 is 4.90 Å². The molecule has 0 saturated carbocycles. The Labute approximate surface area is 122 Å². The lowest BCUT2D eigenvalue weighted by Gasteiger charge is -2.18. The molecule has 0 bridgehead atoms. The molecule has 1 aromatic rings. The number of carbonyl (C=O) groups excluding carboxylic acids is 1. The Bertz CT molecular complexity index is 545. The number of likely N-dealkylation sites (tertiary alicyclic amines) is 1. The summed E-state index contributed by atoms with van der Waals surface area (Å²) in [6.07, 6.45) is 0.563. The molecule has 108 valence electrons. The van der Waals surface area contributed by atoms with Crippen molar-refractivity contribution in [3.8, 4) is 0 Å². The van der Waals surface area contributed by atoms with Crippen LogP contribution in [0.25, 0.3) is 0 Å². The Kier molecular flexibility index (Phi) is 4.28. The minimum absolute atomic E-state index is 0.112. The van der Waals surface area contributed by atoms with Crippen molar-refractivity contribution in [1.82, 2.24) is 4.90 Å². The number of benzene rings is 1. The summed E-state index contributed by atoms with van der Waals surface area (Å²) in [5.41, 5.74) is 0.620. The van der Waals surface area contributed by atoms with Crippen molar-refractivity contribution in [1.29, 1.82) is 0 Å². The molecule has 1 heterocycles. The monoisotopic (exact) mass is 296 g/mol. The lowest BCUT2D eigenvalue weighted by molar-refractivity contribution is -0.384. The number of amides is 1. The topological polar surface area (TPSA) is 63.5 Å². The first kappa shape index (κ1) is 14.8. The third kappa shape index (κ3) is 3.10. The summed E-state index contributed by atoms with van der Waals surface area (Å²) in [5, 5.41) is 11.0. The molecule has 20 heavy (non-hydrogen) atoms. The first-order chi connectivity index (χ1) is 9.38. The van der Waals surface area contributed by atoms with Crippen LogP contribution in [0.4, 0.5) is 5.69 Å². The molecule has 0 spiro atoms. The highest BCUT2D eigenvalue weighted by Gasteiger charge is 2.31. The van der Waals surface area contributed by atoms with Crippen LogP contribution in [0.1, 0.15) is 25.8 Å². The maximum absolute atomic E-state index is 11.9. The smallest absolute Gasteiger partial charge is 0.288 e. The van der Waals surface area contributed by atoms with Gasteiger partial charge in [-0.25, -0.2) is 0 Å². The number of hydrogen-bond acceptors (Lipinski definition) is 3. The van der Waals surface area contributed by atoms with E-state index in [-0.39, 0.29) is 16.6 Å². The van der Waals surface area contributed by atoms with Crippen LogP contribution in [-0.2, 0) is 11.3 Å². The van der Waals surface area contributed by atoms with E-state index in [0.29, 0.717) is 31.3 Å². The summed E-state index contributed by atoms with van der Waals surface area (Å²) in [6.45, 7) is 5.33. The van der Waals surface area contributed by atoms with Gasteiger partial charge in [-0.2, -0.15) is 0 Å². The van der Waals surface area contributed by atoms with Crippen LogP contribution in [0.5, 0.6) is 0 Å². The van der Waals surface area contributed by atoms with E-state index in [9.17, 15) is 14.9 Å². The number of nitro groups is 1. The van der Waals surface area contributed by atoms with E-state index in [2.05, 4.69) is 13.8 Å². The summed E-state index contributed by atoms with van der Waals surface area (Å²) in [7, 11) is 0. The molecule has 1 saturated heterocycles. The summed E-state index contributed by atoms with van der Waals surface area (Å²) in [5.74, 6) is 0.939. The molecule has 1 atom stereocenters. The summed E-state index contributed by atoms with van der Waals surface area (Å²) >= 11 is 5.78. The fourth-order valence-corrected chi connectivity index (χ4v) is 2.61. The lowest BCUT2D eigenvalue weighted by Crippen LogP contribution is -2.25. The Morgan fingerprint density at radius 1 is 1.50 bits per heavy atom. The molecule has 6 heteroatoms. The van der Waals surface area contributed by atoms with Crippen LogP contribution in [0, 0.1) is 22.0 Å². The van der Waals surface area contributed by atoms with Gasteiger partial charge in [0.25, 0.3) is 5.69 Å². The van der Waals surface area contributed by atoms with E-state index in [4.69, 9.17) is 11.6 Å². The van der Waals surface area contributed by atoms with Gasteiger partial charge in [-0.3, -0.25) is 14.9 Å². The number of nitro benzene ring substituents is 1. The number of hydrogen-bond donors (Lipinski definition) is 0. The van der Waals surface area contributed by atoms with Gasteiger partial charge in [-0.05, 0) is 23.5 Å². The SMILES string of the molecule is CC(C)C1CC(=O)N(Cc2ccc(Cl)c([N+](=O)[O-])c2)C1. The first-order valence-corrected chi connectivity index (χ1v) is 6.97. The Hall–Kier alpha value is -1.62. The highest BCUT2D eigenvalue weighted by molar-refractivity contribution is 6.32. The largest absolute Gasteiger partial charge is 0.338 e. The molecule has 1 aliphatic heterocycles. The van der Waals surface area contributed by atoms with Crippen molar-refractivity contribution >= 4 is 23.2 Å². The summed E-state index contributed by atoms with van der Waals surface area (Å²) < 4.78 is 0. The quantitative estimate of drug-likeness (QED) is 0.633. The van der Waals surface area contributed by atoms with Crippen molar-refractivity contribution < 1.29 is 9.72 Å². The van der Waals surface area contributed by atoms with Gasteiger partial charge in [0.2, 0.25) is 5.91 Å². The zero-order valence-electron chi connectivity index (χ0n) is 11.5. The van der Waals surface area contributed by atoms with E-state index in [1.165, 1.54) is 12.1 Å². The third-order valence-corrected chi connectivity index (χ3v) is 4.09. The second-order valence-electron chi connectivity index (χ2n) is 5.53. The van der Waals surface area contributed by atoms with E-state index >= 15 is 0 Å². The van der Waals surface area contributed by atoms with Crippen LogP contribution >= 0.6 is 11.6 Å². The van der Waals surface area contributed by atoms with E-state index in [0.717, 1.165) is 5.56 Å². The van der Waals surface area contributed by atoms with Gasteiger partial charge in [-0.1, -0.05) is 31.5 Å². The van der Waals surface area contributed by atoms with Gasteiger partial charge in [0, 0.05) is 25.6 Å². The second kappa shape index (κ2) is 5.79. The zero-order valence-corrected chi connectivity index (χ0v) is 12.3. The highest BCUT2D eigenvalue weighted by atomic mass is 35.5. The Balaban J connectivity index is 2.13. The normalized spacial score (nSPS) is 18.9. The van der Waals surface area contributed by atoms with E-state index < -0.39 is 4.92 Å². The Morgan fingerprint density at radius 3 is 2.75 bits per heavy atom. The molecule has 0 radical (unpaired) electrons. The van der Waals surface area contributed by atoms with Crippen LogP contribution < -0.4 is 0 Å². The molecule has 5 nitrogen and oxygen atoms in total. The number of nitrogens with zero attached hydrogens (tertiary/aromatic N) is 2. The van der Waals surface area contributed by atoms with Crippen molar-refractivity contribution in [3.05, 3.63) is 38.9 Å². The van der Waals surface area contributed by atoms with Gasteiger partial charge in [0.15, 0.2) is 0 Å². The fraction of sp³-hybridized carbons (Fsp3) is 0.500. The molecule has 2 rings (SSSR count). The molecule has 1 aromatic carbocycles. The highest BCUT2D eigenvalue weighted by Crippen LogP contribution is 2.29. The molecule has 1 fully saturated rings. The maximum atomic E-state index is 11.9. The maximum Gasteiger partial charge on any atom is 0.288 e. The van der Waals surface area contributed by atoms with Gasteiger partial charge in [0.1, 0.15) is 5.02 Å². The van der Waals surface area contributed by atoms with Crippen molar-refractivity contribution in [2.24, 2.45) is 11.8 Å². The number of carbonyl (C=O) groups is 1. The molecule has 0 aromatic heterocycles. The zero-order chi connectivity index (χ0) is 14.9. The van der Waals surface area contributed by atoms with Gasteiger partial charge >= 0.3 is 0 Å². The number of rotatable bonds is 4. The summed E-state index contributed by atoms with van der Waals surface area (Å²) in [6, 6.07) is 4.68. The minimum Gasteiger partial charge on any atom is -0.338 e. The fourth-order valence-electron chi connectivity index (χ4n) is 2.42. The van der Waals surface area contributed by atoms with Crippen LogP contribution in [0.15, 0.2) is 18.2 Å². The molecular weight excluding hydrogens is 280 g/mol. The predicted octanol–water partition coefficient (Wildman–Crippen LogP) is 3.25. The molecule has 0 N–H and O–H groups in total. The van der Waals surface area contributed by atoms with Gasteiger partial charge in [0.05, 0.1) is 4.92 Å². The lowest BCUT2D eigenvalue weighted by atomic mass is 9.95. The molecule has 1 amide bonds. The van der Waals surface area contributed by atoms with E-state index in [1.807, 2.05) is 0 Å². The van der Waals surface area contributed by atoms with Crippen molar-refractivity contribution in [2.75, 3.05) is 6.54 Å². The van der Waals surface area contributed by atoms with Crippen LogP contribution in [-0.4, -0.2) is 22.3 Å². The minimum atomic E-state index is -0.505. The summed E-state index contributed by atoms with van der Waals surface area (Å²) in [4.78, 5) is 24.1. The first-order valence-electron chi connectivity index (χ1n) is 6.59. The van der Waals surface area contributed by atoms with Crippen LogP contribution in [0.3, 0.4) is 0 Å².